The predicted octanol–water partition coefficient (Wildman–Crippen LogP) is 4.21. The first-order valence-electron chi connectivity index (χ1n) is 5.49. The van der Waals surface area contributed by atoms with E-state index in [1.165, 1.54) is 0 Å². The molecule has 2 rings (SSSR count). The second-order valence-electron chi connectivity index (χ2n) is 4.01. The maximum atomic E-state index is 10.8. The molecule has 0 amide bonds. The van der Waals surface area contributed by atoms with Gasteiger partial charge in [0.25, 0.3) is 0 Å². The maximum absolute atomic E-state index is 10.8. The van der Waals surface area contributed by atoms with Gasteiger partial charge >= 0.3 is 5.97 Å². The van der Waals surface area contributed by atoms with E-state index in [0.29, 0.717) is 27.9 Å². The molecular formula is C13H11Cl2NO3. The van der Waals surface area contributed by atoms with E-state index in [1.807, 2.05) is 0 Å². The summed E-state index contributed by atoms with van der Waals surface area (Å²) in [6.45, 7) is 2.06. The van der Waals surface area contributed by atoms with Crippen LogP contribution in [0.15, 0.2) is 28.7 Å². The summed E-state index contributed by atoms with van der Waals surface area (Å²) in [4.78, 5) is 10.8. The van der Waals surface area contributed by atoms with E-state index in [2.05, 4.69) is 5.32 Å². The Kier molecular flexibility index (Phi) is 4.02. The topological polar surface area (TPSA) is 62.5 Å². The fourth-order valence-corrected chi connectivity index (χ4v) is 1.94. The summed E-state index contributed by atoms with van der Waals surface area (Å²) in [6, 6.07) is 6.84. The van der Waals surface area contributed by atoms with Crippen molar-refractivity contribution >= 4 is 34.9 Å². The van der Waals surface area contributed by atoms with Crippen LogP contribution in [0.5, 0.6) is 0 Å². The first kappa shape index (κ1) is 13.8. The average Bonchev–Trinajstić information content (AvgIpc) is 2.72. The molecule has 2 N–H and O–H groups in total. The van der Waals surface area contributed by atoms with Crippen LogP contribution in [-0.2, 0) is 6.54 Å². The monoisotopic (exact) mass is 299 g/mol. The Labute approximate surface area is 119 Å². The van der Waals surface area contributed by atoms with Gasteiger partial charge in [0.15, 0.2) is 0 Å². The summed E-state index contributed by atoms with van der Waals surface area (Å²) >= 11 is 11.7. The Hall–Kier alpha value is -1.65. The highest BCUT2D eigenvalue weighted by molar-refractivity contribution is 6.42. The lowest BCUT2D eigenvalue weighted by Gasteiger charge is -2.05. The minimum absolute atomic E-state index is 0.0362. The third-order valence-electron chi connectivity index (χ3n) is 2.55. The van der Waals surface area contributed by atoms with Crippen molar-refractivity contribution in [3.63, 3.8) is 0 Å². The first-order chi connectivity index (χ1) is 8.97. The van der Waals surface area contributed by atoms with Gasteiger partial charge in [-0.15, -0.1) is 0 Å². The van der Waals surface area contributed by atoms with E-state index in [0.717, 1.165) is 5.69 Å². The van der Waals surface area contributed by atoms with Crippen LogP contribution >= 0.6 is 23.2 Å². The highest BCUT2D eigenvalue weighted by atomic mass is 35.5. The van der Waals surface area contributed by atoms with Crippen molar-refractivity contribution in [3.8, 4) is 0 Å². The standard InChI is InChI=1S/C13H11Cl2NO3/c1-7-4-9(19-12(7)13(17)18)6-16-8-2-3-10(14)11(15)5-8/h2-5,16H,6H2,1H3,(H,17,18). The molecule has 1 aromatic carbocycles. The number of carbonyl (C=O) groups is 1. The smallest absolute Gasteiger partial charge is 0.372 e. The molecule has 1 aromatic heterocycles. The Morgan fingerprint density at radius 3 is 2.63 bits per heavy atom. The number of hydrogen-bond donors (Lipinski definition) is 2. The lowest BCUT2D eigenvalue weighted by atomic mass is 10.2. The quantitative estimate of drug-likeness (QED) is 0.888. The van der Waals surface area contributed by atoms with Crippen molar-refractivity contribution in [2.24, 2.45) is 0 Å². The highest BCUT2D eigenvalue weighted by Gasteiger charge is 2.14. The number of anilines is 1. The number of rotatable bonds is 4. The number of aryl methyl sites for hydroxylation is 1. The highest BCUT2D eigenvalue weighted by Crippen LogP contribution is 2.25. The summed E-state index contributed by atoms with van der Waals surface area (Å²) in [5, 5.41) is 12.9. The molecule has 0 fully saturated rings. The molecule has 0 unspecified atom stereocenters. The van der Waals surface area contributed by atoms with Crippen LogP contribution in [0, 0.1) is 6.92 Å². The SMILES string of the molecule is Cc1cc(CNc2ccc(Cl)c(Cl)c2)oc1C(=O)O. The van der Waals surface area contributed by atoms with Crippen molar-refractivity contribution in [2.45, 2.75) is 13.5 Å². The number of aromatic carboxylic acids is 1. The molecular weight excluding hydrogens is 289 g/mol. The number of carboxylic acid groups (broad SMARTS) is 1. The minimum Gasteiger partial charge on any atom is -0.475 e. The van der Waals surface area contributed by atoms with E-state index >= 15 is 0 Å². The van der Waals surface area contributed by atoms with Gasteiger partial charge in [-0.05, 0) is 31.2 Å². The second-order valence-corrected chi connectivity index (χ2v) is 4.83. The molecule has 100 valence electrons. The molecule has 0 bridgehead atoms. The average molecular weight is 300 g/mol. The van der Waals surface area contributed by atoms with Crippen LogP contribution in [0.2, 0.25) is 10.0 Å². The van der Waals surface area contributed by atoms with Crippen LogP contribution in [0.4, 0.5) is 5.69 Å². The van der Waals surface area contributed by atoms with Crippen molar-refractivity contribution in [2.75, 3.05) is 5.32 Å². The summed E-state index contributed by atoms with van der Waals surface area (Å²) < 4.78 is 5.23. The molecule has 4 nitrogen and oxygen atoms in total. The van der Waals surface area contributed by atoms with Crippen LogP contribution in [0.3, 0.4) is 0 Å². The molecule has 0 atom stereocenters. The Morgan fingerprint density at radius 2 is 2.05 bits per heavy atom. The third kappa shape index (κ3) is 3.22. The van der Waals surface area contributed by atoms with Gasteiger partial charge in [-0.25, -0.2) is 4.79 Å². The predicted molar refractivity (Wildman–Crippen MR) is 74.2 cm³/mol. The Bertz CT molecular complexity index is 622. The third-order valence-corrected chi connectivity index (χ3v) is 3.29. The van der Waals surface area contributed by atoms with Crippen molar-refractivity contribution in [1.29, 1.82) is 0 Å². The zero-order chi connectivity index (χ0) is 14.0. The molecule has 0 spiro atoms. The van der Waals surface area contributed by atoms with Gasteiger partial charge in [0.05, 0.1) is 16.6 Å². The van der Waals surface area contributed by atoms with Gasteiger partial charge in [-0.3, -0.25) is 0 Å². The van der Waals surface area contributed by atoms with E-state index in [9.17, 15) is 4.79 Å². The van der Waals surface area contributed by atoms with Gasteiger partial charge in [0.1, 0.15) is 5.76 Å². The molecule has 2 aromatic rings. The second kappa shape index (κ2) is 5.55. The number of benzene rings is 1. The van der Waals surface area contributed by atoms with Crippen molar-refractivity contribution in [1.82, 2.24) is 0 Å². The molecule has 6 heteroatoms. The van der Waals surface area contributed by atoms with E-state index < -0.39 is 5.97 Å². The Morgan fingerprint density at radius 1 is 1.32 bits per heavy atom. The molecule has 0 radical (unpaired) electrons. The molecule has 19 heavy (non-hydrogen) atoms. The fourth-order valence-electron chi connectivity index (χ4n) is 1.64. The number of furan rings is 1. The van der Waals surface area contributed by atoms with Crippen LogP contribution in [0.1, 0.15) is 21.9 Å². The van der Waals surface area contributed by atoms with E-state index in [4.69, 9.17) is 32.7 Å². The lowest BCUT2D eigenvalue weighted by Crippen LogP contribution is -1.98. The molecule has 0 saturated carbocycles. The van der Waals surface area contributed by atoms with Gasteiger partial charge < -0.3 is 14.8 Å². The van der Waals surface area contributed by atoms with Gasteiger partial charge in [-0.1, -0.05) is 23.2 Å². The zero-order valence-corrected chi connectivity index (χ0v) is 11.5. The molecule has 0 saturated heterocycles. The molecule has 1 heterocycles. The first-order valence-corrected chi connectivity index (χ1v) is 6.24. The van der Waals surface area contributed by atoms with Crippen molar-refractivity contribution in [3.05, 3.63) is 51.4 Å². The van der Waals surface area contributed by atoms with Gasteiger partial charge in [-0.2, -0.15) is 0 Å². The number of nitrogens with one attached hydrogen (secondary N) is 1. The number of carboxylic acids is 1. The van der Waals surface area contributed by atoms with Crippen molar-refractivity contribution < 1.29 is 14.3 Å². The number of halogens is 2. The lowest BCUT2D eigenvalue weighted by molar-refractivity contribution is 0.0659. The van der Waals surface area contributed by atoms with Crippen LogP contribution < -0.4 is 5.32 Å². The summed E-state index contributed by atoms with van der Waals surface area (Å²) in [5.74, 6) is -0.565. The number of hydrogen-bond acceptors (Lipinski definition) is 3. The van der Waals surface area contributed by atoms with Crippen LogP contribution in [-0.4, -0.2) is 11.1 Å². The molecule has 0 aliphatic carbocycles. The summed E-state index contributed by atoms with van der Waals surface area (Å²) in [6.07, 6.45) is 0. The normalized spacial score (nSPS) is 10.5. The Balaban J connectivity index is 2.08. The van der Waals surface area contributed by atoms with Gasteiger partial charge in [0, 0.05) is 11.3 Å². The van der Waals surface area contributed by atoms with Gasteiger partial charge in [0.2, 0.25) is 5.76 Å². The largest absolute Gasteiger partial charge is 0.475 e. The minimum atomic E-state index is -1.07. The van der Waals surface area contributed by atoms with E-state index in [1.54, 1.807) is 31.2 Å². The zero-order valence-electron chi connectivity index (χ0n) is 10.0. The maximum Gasteiger partial charge on any atom is 0.372 e. The summed E-state index contributed by atoms with van der Waals surface area (Å²) in [7, 11) is 0. The van der Waals surface area contributed by atoms with Crippen LogP contribution in [0.25, 0.3) is 0 Å². The summed E-state index contributed by atoms with van der Waals surface area (Å²) in [5.41, 5.74) is 1.37. The molecule has 0 aliphatic heterocycles. The van der Waals surface area contributed by atoms with E-state index in [-0.39, 0.29) is 5.76 Å². The fraction of sp³-hybridized carbons (Fsp3) is 0.154. The molecule has 0 aliphatic rings.